The van der Waals surface area contributed by atoms with Gasteiger partial charge in [0.25, 0.3) is 5.56 Å². The summed E-state index contributed by atoms with van der Waals surface area (Å²) >= 11 is 0. The van der Waals surface area contributed by atoms with Gasteiger partial charge in [0.1, 0.15) is 6.61 Å². The fraction of sp³-hybridized carbons (Fsp3) is 0.200. The standard InChI is InChI=1S/C20H20N2O3/c1-15-8-9-20(24)22(11-15)12-17-10-18(23)19(13-21(17)2)25-14-16-6-4-3-5-7-16/h3-11,13H,12,14H2,1-2H3. The van der Waals surface area contributed by atoms with Gasteiger partial charge in [-0.2, -0.15) is 0 Å². The van der Waals surface area contributed by atoms with Gasteiger partial charge in [-0.1, -0.05) is 36.4 Å². The molecule has 2 aromatic heterocycles. The van der Waals surface area contributed by atoms with Crippen LogP contribution in [-0.2, 0) is 20.2 Å². The van der Waals surface area contributed by atoms with Crippen molar-refractivity contribution in [2.75, 3.05) is 0 Å². The number of aromatic nitrogens is 2. The zero-order chi connectivity index (χ0) is 17.8. The van der Waals surface area contributed by atoms with Crippen LogP contribution in [-0.4, -0.2) is 9.13 Å². The molecule has 0 fully saturated rings. The van der Waals surface area contributed by atoms with Crippen molar-refractivity contribution in [2.24, 2.45) is 7.05 Å². The second-order valence-corrected chi connectivity index (χ2v) is 6.05. The Kier molecular flexibility index (Phi) is 4.84. The summed E-state index contributed by atoms with van der Waals surface area (Å²) in [6.45, 7) is 2.60. The lowest BCUT2D eigenvalue weighted by atomic mass is 10.2. The Morgan fingerprint density at radius 1 is 1.00 bits per heavy atom. The predicted octanol–water partition coefficient (Wildman–Crippen LogP) is 2.48. The molecule has 25 heavy (non-hydrogen) atoms. The van der Waals surface area contributed by atoms with Gasteiger partial charge < -0.3 is 13.9 Å². The minimum atomic E-state index is -0.190. The van der Waals surface area contributed by atoms with Crippen LogP contribution >= 0.6 is 0 Å². The van der Waals surface area contributed by atoms with Gasteiger partial charge in [-0.3, -0.25) is 9.59 Å². The molecule has 3 aromatic rings. The average molecular weight is 336 g/mol. The molecule has 0 saturated heterocycles. The lowest BCUT2D eigenvalue weighted by Crippen LogP contribution is -2.22. The molecule has 0 unspecified atom stereocenters. The summed E-state index contributed by atoms with van der Waals surface area (Å²) in [7, 11) is 1.84. The highest BCUT2D eigenvalue weighted by atomic mass is 16.5. The van der Waals surface area contributed by atoms with Gasteiger partial charge in [0, 0.05) is 31.1 Å². The third kappa shape index (κ3) is 4.07. The molecule has 0 aliphatic rings. The molecular formula is C20H20N2O3. The minimum Gasteiger partial charge on any atom is -0.483 e. The van der Waals surface area contributed by atoms with Gasteiger partial charge in [0.2, 0.25) is 5.43 Å². The van der Waals surface area contributed by atoms with Gasteiger partial charge in [-0.15, -0.1) is 0 Å². The maximum absolute atomic E-state index is 12.3. The van der Waals surface area contributed by atoms with Crippen LogP contribution in [0.2, 0.25) is 0 Å². The van der Waals surface area contributed by atoms with E-state index in [4.69, 9.17) is 4.74 Å². The Bertz CT molecular complexity index is 988. The van der Waals surface area contributed by atoms with Crippen LogP contribution in [0.4, 0.5) is 0 Å². The Labute approximate surface area is 145 Å². The van der Waals surface area contributed by atoms with Crippen molar-refractivity contribution in [1.82, 2.24) is 9.13 Å². The number of pyridine rings is 2. The summed E-state index contributed by atoms with van der Waals surface area (Å²) in [6.07, 6.45) is 3.45. The number of rotatable bonds is 5. The minimum absolute atomic E-state index is 0.0950. The lowest BCUT2D eigenvalue weighted by Gasteiger charge is -2.13. The summed E-state index contributed by atoms with van der Waals surface area (Å²) < 4.78 is 9.06. The van der Waals surface area contributed by atoms with Crippen molar-refractivity contribution in [3.8, 4) is 5.75 Å². The topological polar surface area (TPSA) is 53.2 Å². The molecule has 0 spiro atoms. The van der Waals surface area contributed by atoms with Gasteiger partial charge in [-0.05, 0) is 18.1 Å². The molecule has 5 heteroatoms. The zero-order valence-corrected chi connectivity index (χ0v) is 14.3. The molecule has 0 radical (unpaired) electrons. The fourth-order valence-corrected chi connectivity index (χ4v) is 2.60. The molecule has 0 atom stereocenters. The monoisotopic (exact) mass is 336 g/mol. The lowest BCUT2D eigenvalue weighted by molar-refractivity contribution is 0.300. The molecule has 0 N–H and O–H groups in total. The highest BCUT2D eigenvalue weighted by molar-refractivity contribution is 5.23. The van der Waals surface area contributed by atoms with E-state index in [9.17, 15) is 9.59 Å². The Morgan fingerprint density at radius 3 is 2.52 bits per heavy atom. The average Bonchev–Trinajstić information content (AvgIpc) is 2.60. The number of hydrogen-bond acceptors (Lipinski definition) is 3. The van der Waals surface area contributed by atoms with Gasteiger partial charge in [0.15, 0.2) is 5.75 Å². The van der Waals surface area contributed by atoms with E-state index in [1.54, 1.807) is 23.0 Å². The molecule has 0 amide bonds. The van der Waals surface area contributed by atoms with Crippen molar-refractivity contribution < 1.29 is 4.74 Å². The van der Waals surface area contributed by atoms with E-state index in [1.807, 2.05) is 48.9 Å². The molecule has 0 bridgehead atoms. The van der Waals surface area contributed by atoms with E-state index >= 15 is 0 Å². The molecule has 1 aromatic carbocycles. The Hall–Kier alpha value is -3.08. The van der Waals surface area contributed by atoms with Crippen LogP contribution in [0.5, 0.6) is 5.75 Å². The fourth-order valence-electron chi connectivity index (χ4n) is 2.60. The Morgan fingerprint density at radius 2 is 1.76 bits per heavy atom. The molecule has 5 nitrogen and oxygen atoms in total. The first-order chi connectivity index (χ1) is 12.0. The van der Waals surface area contributed by atoms with Gasteiger partial charge in [0.05, 0.1) is 12.7 Å². The molecule has 0 aliphatic carbocycles. The van der Waals surface area contributed by atoms with Crippen molar-refractivity contribution in [2.45, 2.75) is 20.1 Å². The molecular weight excluding hydrogens is 316 g/mol. The molecule has 128 valence electrons. The van der Waals surface area contributed by atoms with Crippen LogP contribution < -0.4 is 15.7 Å². The Balaban J connectivity index is 1.81. The number of hydrogen-bond donors (Lipinski definition) is 0. The van der Waals surface area contributed by atoms with Crippen LogP contribution in [0.15, 0.2) is 70.5 Å². The SMILES string of the molecule is Cc1ccc(=O)n(Cc2cc(=O)c(OCc3ccccc3)cn2C)c1. The van der Waals surface area contributed by atoms with E-state index < -0.39 is 0 Å². The normalized spacial score (nSPS) is 10.6. The second kappa shape index (κ2) is 7.21. The van der Waals surface area contributed by atoms with E-state index in [0.717, 1.165) is 16.8 Å². The van der Waals surface area contributed by atoms with E-state index in [2.05, 4.69) is 0 Å². The van der Waals surface area contributed by atoms with Crippen molar-refractivity contribution >= 4 is 0 Å². The smallest absolute Gasteiger partial charge is 0.250 e. The number of nitrogens with zero attached hydrogens (tertiary/aromatic N) is 2. The van der Waals surface area contributed by atoms with Crippen LogP contribution in [0.25, 0.3) is 0 Å². The molecule has 0 saturated carbocycles. The summed E-state index contributed by atoms with van der Waals surface area (Å²) in [6, 6.07) is 14.5. The number of aryl methyl sites for hydroxylation is 2. The second-order valence-electron chi connectivity index (χ2n) is 6.05. The largest absolute Gasteiger partial charge is 0.483 e. The predicted molar refractivity (Wildman–Crippen MR) is 97.0 cm³/mol. The third-order valence-corrected chi connectivity index (χ3v) is 4.01. The number of benzene rings is 1. The van der Waals surface area contributed by atoms with Crippen LogP contribution in [0.1, 0.15) is 16.8 Å². The maximum Gasteiger partial charge on any atom is 0.250 e. The van der Waals surface area contributed by atoms with Crippen LogP contribution in [0, 0.1) is 6.92 Å². The first-order valence-electron chi connectivity index (χ1n) is 8.06. The summed E-state index contributed by atoms with van der Waals surface area (Å²) in [4.78, 5) is 24.3. The summed E-state index contributed by atoms with van der Waals surface area (Å²) in [5.41, 5.74) is 2.45. The van der Waals surface area contributed by atoms with E-state index in [0.29, 0.717) is 18.9 Å². The van der Waals surface area contributed by atoms with E-state index in [-0.39, 0.29) is 11.0 Å². The summed E-state index contributed by atoms with van der Waals surface area (Å²) in [5.74, 6) is 0.298. The molecule has 3 rings (SSSR count). The number of ether oxygens (including phenoxy) is 1. The first-order valence-corrected chi connectivity index (χ1v) is 8.06. The van der Waals surface area contributed by atoms with Gasteiger partial charge >= 0.3 is 0 Å². The highest BCUT2D eigenvalue weighted by Gasteiger charge is 2.08. The third-order valence-electron chi connectivity index (χ3n) is 4.01. The van der Waals surface area contributed by atoms with Crippen molar-refractivity contribution in [3.63, 3.8) is 0 Å². The molecule has 0 aliphatic heterocycles. The quantitative estimate of drug-likeness (QED) is 0.719. The summed E-state index contributed by atoms with van der Waals surface area (Å²) in [5, 5.41) is 0. The zero-order valence-electron chi connectivity index (χ0n) is 14.3. The highest BCUT2D eigenvalue weighted by Crippen LogP contribution is 2.10. The van der Waals surface area contributed by atoms with E-state index in [1.165, 1.54) is 12.1 Å². The van der Waals surface area contributed by atoms with Gasteiger partial charge in [-0.25, -0.2) is 0 Å². The molecule has 2 heterocycles. The maximum atomic E-state index is 12.3. The van der Waals surface area contributed by atoms with Crippen molar-refractivity contribution in [1.29, 1.82) is 0 Å². The van der Waals surface area contributed by atoms with Crippen LogP contribution in [0.3, 0.4) is 0 Å². The van der Waals surface area contributed by atoms with Crippen molar-refractivity contribution in [3.05, 3.63) is 98.3 Å². The first kappa shape index (κ1) is 16.8.